The highest BCUT2D eigenvalue weighted by molar-refractivity contribution is 4.83. The molecule has 0 heterocycles. The number of nitrogens with zero attached hydrogens (tertiary/aromatic N) is 1. The molecule has 1 atom stereocenters. The number of nitrogens with one attached hydrogen (secondary N) is 1. The summed E-state index contributed by atoms with van der Waals surface area (Å²) < 4.78 is 0. The van der Waals surface area contributed by atoms with Crippen molar-refractivity contribution in [3.63, 3.8) is 0 Å². The first-order valence-corrected chi connectivity index (χ1v) is 6.30. The van der Waals surface area contributed by atoms with Gasteiger partial charge in [0.15, 0.2) is 0 Å². The minimum atomic E-state index is 0.332. The predicted octanol–water partition coefficient (Wildman–Crippen LogP) is 2.74. The molecule has 0 spiro atoms. The van der Waals surface area contributed by atoms with Gasteiger partial charge in [-0.2, -0.15) is 0 Å². The van der Waals surface area contributed by atoms with Crippen LogP contribution >= 0.6 is 0 Å². The maximum absolute atomic E-state index is 3.60. The molecule has 1 unspecified atom stereocenters. The summed E-state index contributed by atoms with van der Waals surface area (Å²) >= 11 is 0. The largest absolute Gasteiger partial charge is 0.312 e. The minimum Gasteiger partial charge on any atom is -0.312 e. The zero-order chi connectivity index (χ0) is 12.1. The van der Waals surface area contributed by atoms with Crippen molar-refractivity contribution < 1.29 is 0 Å². The van der Waals surface area contributed by atoms with E-state index >= 15 is 0 Å². The van der Waals surface area contributed by atoms with Gasteiger partial charge in [0.25, 0.3) is 0 Å². The molecule has 0 saturated heterocycles. The van der Waals surface area contributed by atoms with E-state index in [2.05, 4.69) is 58.7 Å². The third kappa shape index (κ3) is 5.53. The quantitative estimate of drug-likeness (QED) is 0.731. The van der Waals surface area contributed by atoms with Gasteiger partial charge in [0.1, 0.15) is 0 Å². The normalized spacial score (nSPS) is 15.0. The lowest BCUT2D eigenvalue weighted by molar-refractivity contribution is 0.153. The average molecular weight is 214 g/mol. The van der Waals surface area contributed by atoms with Crippen LogP contribution in [0.3, 0.4) is 0 Å². The molecule has 92 valence electrons. The fraction of sp³-hybridized carbons (Fsp3) is 1.00. The Kier molecular flexibility index (Phi) is 6.46. The van der Waals surface area contributed by atoms with Crippen molar-refractivity contribution in [2.75, 3.05) is 19.6 Å². The van der Waals surface area contributed by atoms with Gasteiger partial charge in [0.2, 0.25) is 0 Å². The zero-order valence-electron chi connectivity index (χ0n) is 11.7. The highest BCUT2D eigenvalue weighted by atomic mass is 15.2. The van der Waals surface area contributed by atoms with Crippen molar-refractivity contribution in [1.82, 2.24) is 10.2 Å². The van der Waals surface area contributed by atoms with E-state index in [1.165, 1.54) is 0 Å². The molecule has 0 aromatic heterocycles. The van der Waals surface area contributed by atoms with Gasteiger partial charge in [0.05, 0.1) is 0 Å². The van der Waals surface area contributed by atoms with Gasteiger partial charge in [-0.05, 0) is 32.4 Å². The molecule has 0 aliphatic carbocycles. The Morgan fingerprint density at radius 3 is 1.93 bits per heavy atom. The second-order valence-corrected chi connectivity index (χ2v) is 5.66. The molecule has 0 aromatic carbocycles. The van der Waals surface area contributed by atoms with Crippen LogP contribution in [0.2, 0.25) is 0 Å². The lowest BCUT2D eigenvalue weighted by Gasteiger charge is -2.37. The Balaban J connectivity index is 4.38. The second-order valence-electron chi connectivity index (χ2n) is 5.66. The summed E-state index contributed by atoms with van der Waals surface area (Å²) in [6.45, 7) is 19.2. The maximum Gasteiger partial charge on any atom is 0.0243 e. The molecular weight excluding hydrogens is 184 g/mol. The molecule has 0 rings (SSSR count). The summed E-state index contributed by atoms with van der Waals surface area (Å²) in [7, 11) is 0. The number of hydrogen-bond donors (Lipinski definition) is 1. The Morgan fingerprint density at radius 1 is 1.13 bits per heavy atom. The SMILES string of the molecule is CCNC(CN(CC)C(C)C)C(C)(C)C. The first kappa shape index (κ1) is 14.9. The Morgan fingerprint density at radius 2 is 1.67 bits per heavy atom. The van der Waals surface area contributed by atoms with E-state index in [0.717, 1.165) is 19.6 Å². The van der Waals surface area contributed by atoms with Crippen LogP contribution in [0.15, 0.2) is 0 Å². The van der Waals surface area contributed by atoms with Crippen LogP contribution in [-0.4, -0.2) is 36.6 Å². The molecule has 2 heteroatoms. The summed E-state index contributed by atoms with van der Waals surface area (Å²) in [5.41, 5.74) is 0.332. The number of rotatable bonds is 6. The highest BCUT2D eigenvalue weighted by Gasteiger charge is 2.25. The molecular formula is C13H30N2. The minimum absolute atomic E-state index is 0.332. The predicted molar refractivity (Wildman–Crippen MR) is 69.3 cm³/mol. The van der Waals surface area contributed by atoms with E-state index in [-0.39, 0.29) is 0 Å². The molecule has 0 aromatic rings. The second kappa shape index (κ2) is 6.49. The summed E-state index contributed by atoms with van der Waals surface area (Å²) in [6, 6.07) is 1.21. The first-order chi connectivity index (χ1) is 6.82. The maximum atomic E-state index is 3.60. The van der Waals surface area contributed by atoms with E-state index < -0.39 is 0 Å². The van der Waals surface area contributed by atoms with Gasteiger partial charge in [-0.15, -0.1) is 0 Å². The Hall–Kier alpha value is -0.0800. The molecule has 0 saturated carbocycles. The van der Waals surface area contributed by atoms with Gasteiger partial charge in [0, 0.05) is 18.6 Å². The van der Waals surface area contributed by atoms with Gasteiger partial charge in [-0.25, -0.2) is 0 Å². The monoisotopic (exact) mass is 214 g/mol. The van der Waals surface area contributed by atoms with Crippen LogP contribution in [0.4, 0.5) is 0 Å². The van der Waals surface area contributed by atoms with Crippen molar-refractivity contribution in [2.45, 2.75) is 60.5 Å². The molecule has 15 heavy (non-hydrogen) atoms. The Labute approximate surface area is 96.4 Å². The van der Waals surface area contributed by atoms with Crippen LogP contribution in [0.25, 0.3) is 0 Å². The van der Waals surface area contributed by atoms with E-state index in [9.17, 15) is 0 Å². The van der Waals surface area contributed by atoms with Crippen LogP contribution in [0.1, 0.15) is 48.5 Å². The number of likely N-dealkylation sites (N-methyl/N-ethyl adjacent to an activating group) is 2. The van der Waals surface area contributed by atoms with E-state index in [4.69, 9.17) is 0 Å². The molecule has 0 aliphatic heterocycles. The summed E-state index contributed by atoms with van der Waals surface area (Å²) in [5, 5.41) is 3.60. The molecule has 1 N–H and O–H groups in total. The van der Waals surface area contributed by atoms with Crippen molar-refractivity contribution in [1.29, 1.82) is 0 Å². The van der Waals surface area contributed by atoms with Crippen LogP contribution in [0, 0.1) is 5.41 Å². The van der Waals surface area contributed by atoms with Crippen LogP contribution in [-0.2, 0) is 0 Å². The lowest BCUT2D eigenvalue weighted by Crippen LogP contribution is -2.50. The standard InChI is InChI=1S/C13H30N2/c1-8-14-12(13(5,6)7)10-15(9-2)11(3)4/h11-12,14H,8-10H2,1-7H3. The molecule has 0 amide bonds. The molecule has 0 fully saturated rings. The summed E-state index contributed by atoms with van der Waals surface area (Å²) in [6.07, 6.45) is 0. The average Bonchev–Trinajstić information content (AvgIpc) is 2.09. The highest BCUT2D eigenvalue weighted by Crippen LogP contribution is 2.20. The van der Waals surface area contributed by atoms with Gasteiger partial charge in [-0.3, -0.25) is 4.90 Å². The Bertz CT molecular complexity index is 158. The van der Waals surface area contributed by atoms with Crippen molar-refractivity contribution >= 4 is 0 Å². The smallest absolute Gasteiger partial charge is 0.0243 e. The zero-order valence-corrected chi connectivity index (χ0v) is 11.7. The summed E-state index contributed by atoms with van der Waals surface area (Å²) in [5.74, 6) is 0. The van der Waals surface area contributed by atoms with E-state index in [0.29, 0.717) is 17.5 Å². The molecule has 2 nitrogen and oxygen atoms in total. The lowest BCUT2D eigenvalue weighted by atomic mass is 9.86. The fourth-order valence-corrected chi connectivity index (χ4v) is 1.83. The fourth-order valence-electron chi connectivity index (χ4n) is 1.83. The van der Waals surface area contributed by atoms with Gasteiger partial charge in [-0.1, -0.05) is 34.6 Å². The van der Waals surface area contributed by atoms with Crippen LogP contribution < -0.4 is 5.32 Å². The first-order valence-electron chi connectivity index (χ1n) is 6.30. The molecule has 0 bridgehead atoms. The topological polar surface area (TPSA) is 15.3 Å². The van der Waals surface area contributed by atoms with Gasteiger partial charge < -0.3 is 5.32 Å². The third-order valence-corrected chi connectivity index (χ3v) is 3.05. The third-order valence-electron chi connectivity index (χ3n) is 3.05. The van der Waals surface area contributed by atoms with Crippen LogP contribution in [0.5, 0.6) is 0 Å². The molecule has 0 aliphatic rings. The van der Waals surface area contributed by atoms with E-state index in [1.54, 1.807) is 0 Å². The number of hydrogen-bond acceptors (Lipinski definition) is 2. The summed E-state index contributed by atoms with van der Waals surface area (Å²) in [4.78, 5) is 2.53. The van der Waals surface area contributed by atoms with Crippen molar-refractivity contribution in [3.05, 3.63) is 0 Å². The molecule has 0 radical (unpaired) electrons. The van der Waals surface area contributed by atoms with Crippen molar-refractivity contribution in [2.24, 2.45) is 5.41 Å². The van der Waals surface area contributed by atoms with E-state index in [1.807, 2.05) is 0 Å². The van der Waals surface area contributed by atoms with Crippen molar-refractivity contribution in [3.8, 4) is 0 Å². The van der Waals surface area contributed by atoms with Gasteiger partial charge >= 0.3 is 0 Å².